The van der Waals surface area contributed by atoms with Crippen LogP contribution in [0.4, 0.5) is 17.3 Å². The summed E-state index contributed by atoms with van der Waals surface area (Å²) >= 11 is 0. The summed E-state index contributed by atoms with van der Waals surface area (Å²) in [5.41, 5.74) is 4.48. The first-order valence-corrected chi connectivity index (χ1v) is 9.81. The average Bonchev–Trinajstić information content (AvgIpc) is 3.17. The number of nitrogens with one attached hydrogen (secondary N) is 1. The Morgan fingerprint density at radius 2 is 1.89 bits per heavy atom. The summed E-state index contributed by atoms with van der Waals surface area (Å²) in [5, 5.41) is 7.90. The molecule has 0 atom stereocenters. The minimum Gasteiger partial charge on any atom is -0.384 e. The van der Waals surface area contributed by atoms with E-state index < -0.39 is 0 Å². The SMILES string of the molecule is COCC1CCN(c2cc(C)cc(Nc3ncn(-c4ccccc4)n3)c2)CC1.[HH]. The third kappa shape index (κ3) is 4.34. The number of para-hydroxylation sites is 1. The maximum absolute atomic E-state index is 5.32. The number of aryl methyl sites for hydroxylation is 1. The number of hydrogen-bond acceptors (Lipinski definition) is 5. The summed E-state index contributed by atoms with van der Waals surface area (Å²) in [5.74, 6) is 1.27. The lowest BCUT2D eigenvalue weighted by atomic mass is 9.97. The molecule has 1 aliphatic rings. The van der Waals surface area contributed by atoms with E-state index in [0.29, 0.717) is 11.9 Å². The van der Waals surface area contributed by atoms with Gasteiger partial charge in [-0.05, 0) is 61.6 Å². The van der Waals surface area contributed by atoms with Crippen LogP contribution in [0.1, 0.15) is 19.8 Å². The highest BCUT2D eigenvalue weighted by Crippen LogP contribution is 2.28. The largest absolute Gasteiger partial charge is 0.384 e. The predicted octanol–water partition coefficient (Wildman–Crippen LogP) is 4.43. The summed E-state index contributed by atoms with van der Waals surface area (Å²) in [6.45, 7) is 5.13. The van der Waals surface area contributed by atoms with Gasteiger partial charge >= 0.3 is 0 Å². The van der Waals surface area contributed by atoms with Crippen molar-refractivity contribution in [3.8, 4) is 5.69 Å². The first-order valence-electron chi connectivity index (χ1n) is 9.81. The maximum Gasteiger partial charge on any atom is 0.246 e. The van der Waals surface area contributed by atoms with Gasteiger partial charge in [0, 0.05) is 39.6 Å². The summed E-state index contributed by atoms with van der Waals surface area (Å²) in [7, 11) is 1.79. The van der Waals surface area contributed by atoms with Crippen LogP contribution in [0, 0.1) is 12.8 Å². The molecule has 148 valence electrons. The molecule has 0 aliphatic carbocycles. The third-order valence-corrected chi connectivity index (χ3v) is 5.21. The van der Waals surface area contributed by atoms with Crippen molar-refractivity contribution in [2.24, 2.45) is 5.92 Å². The first kappa shape index (κ1) is 18.5. The fraction of sp³-hybridized carbons (Fsp3) is 0.364. The molecule has 3 aromatic rings. The van der Waals surface area contributed by atoms with Crippen molar-refractivity contribution in [1.82, 2.24) is 14.8 Å². The zero-order valence-corrected chi connectivity index (χ0v) is 16.5. The van der Waals surface area contributed by atoms with Crippen molar-refractivity contribution in [3.63, 3.8) is 0 Å². The minimum atomic E-state index is 0. The number of anilines is 3. The van der Waals surface area contributed by atoms with E-state index in [0.717, 1.165) is 31.1 Å². The quantitative estimate of drug-likeness (QED) is 0.687. The van der Waals surface area contributed by atoms with Crippen LogP contribution in [0.15, 0.2) is 54.9 Å². The van der Waals surface area contributed by atoms with Crippen LogP contribution >= 0.6 is 0 Å². The molecule has 1 fully saturated rings. The normalized spacial score (nSPS) is 15.0. The number of piperidine rings is 1. The second kappa shape index (κ2) is 8.44. The van der Waals surface area contributed by atoms with E-state index in [1.54, 1.807) is 18.1 Å². The molecule has 0 unspecified atom stereocenters. The van der Waals surface area contributed by atoms with Crippen molar-refractivity contribution >= 4 is 17.3 Å². The topological polar surface area (TPSA) is 55.2 Å². The van der Waals surface area contributed by atoms with Gasteiger partial charge in [0.15, 0.2) is 0 Å². The van der Waals surface area contributed by atoms with Gasteiger partial charge in [-0.25, -0.2) is 4.68 Å². The standard InChI is InChI=1S/C22H27N5O.H2/c1-17-12-19(14-21(13-17)26-10-8-18(9-11-26)15-28-2)24-22-23-16-27(25-22)20-6-4-3-5-7-20;/h3-7,12-14,16,18H,8-11,15H2,1-2H3,(H,24,25);1H. The molecule has 0 radical (unpaired) electrons. The van der Waals surface area contributed by atoms with E-state index >= 15 is 0 Å². The predicted molar refractivity (Wildman–Crippen MR) is 115 cm³/mol. The Labute approximate surface area is 167 Å². The van der Waals surface area contributed by atoms with Crippen molar-refractivity contribution < 1.29 is 6.16 Å². The van der Waals surface area contributed by atoms with E-state index in [2.05, 4.69) is 45.4 Å². The number of aromatic nitrogens is 3. The Bertz CT molecular complexity index is 907. The van der Waals surface area contributed by atoms with Crippen molar-refractivity contribution in [2.45, 2.75) is 19.8 Å². The molecular formula is C22H29N5O. The van der Waals surface area contributed by atoms with Gasteiger partial charge in [0.2, 0.25) is 5.95 Å². The Morgan fingerprint density at radius 3 is 2.64 bits per heavy atom. The van der Waals surface area contributed by atoms with Gasteiger partial charge in [-0.3, -0.25) is 0 Å². The first-order chi connectivity index (χ1) is 13.7. The Hall–Kier alpha value is -2.86. The highest BCUT2D eigenvalue weighted by molar-refractivity contribution is 5.64. The van der Waals surface area contributed by atoms with Crippen LogP contribution in [-0.4, -0.2) is 41.6 Å². The molecule has 0 bridgehead atoms. The van der Waals surface area contributed by atoms with Gasteiger partial charge in [0.05, 0.1) is 5.69 Å². The third-order valence-electron chi connectivity index (χ3n) is 5.21. The molecule has 6 nitrogen and oxygen atoms in total. The summed E-state index contributed by atoms with van der Waals surface area (Å²) in [4.78, 5) is 6.86. The fourth-order valence-electron chi connectivity index (χ4n) is 3.77. The molecule has 4 rings (SSSR count). The maximum atomic E-state index is 5.32. The lowest BCUT2D eigenvalue weighted by Crippen LogP contribution is -2.35. The summed E-state index contributed by atoms with van der Waals surface area (Å²) in [6, 6.07) is 16.6. The van der Waals surface area contributed by atoms with Crippen LogP contribution in [-0.2, 0) is 4.74 Å². The van der Waals surface area contributed by atoms with E-state index in [1.165, 1.54) is 24.1 Å². The van der Waals surface area contributed by atoms with Crippen molar-refractivity contribution in [3.05, 3.63) is 60.4 Å². The molecule has 0 spiro atoms. The lowest BCUT2D eigenvalue weighted by molar-refractivity contribution is 0.139. The van der Waals surface area contributed by atoms with E-state index in [9.17, 15) is 0 Å². The summed E-state index contributed by atoms with van der Waals surface area (Å²) in [6.07, 6.45) is 4.08. The van der Waals surface area contributed by atoms with Crippen LogP contribution in [0.25, 0.3) is 5.69 Å². The molecule has 28 heavy (non-hydrogen) atoms. The number of ether oxygens (including phenoxy) is 1. The average molecular weight is 380 g/mol. The Kier molecular flexibility index (Phi) is 5.58. The van der Waals surface area contributed by atoms with E-state index in [1.807, 2.05) is 30.3 Å². The minimum absolute atomic E-state index is 0. The van der Waals surface area contributed by atoms with Crippen molar-refractivity contribution in [2.75, 3.05) is 37.0 Å². The van der Waals surface area contributed by atoms with Gasteiger partial charge in [0.25, 0.3) is 0 Å². The van der Waals surface area contributed by atoms with Crippen molar-refractivity contribution in [1.29, 1.82) is 0 Å². The van der Waals surface area contributed by atoms with Gasteiger partial charge in [-0.2, -0.15) is 4.98 Å². The smallest absolute Gasteiger partial charge is 0.246 e. The molecular weight excluding hydrogens is 350 g/mol. The van der Waals surface area contributed by atoms with Gasteiger partial charge < -0.3 is 15.0 Å². The van der Waals surface area contributed by atoms with Crippen LogP contribution in [0.5, 0.6) is 0 Å². The molecule has 0 amide bonds. The molecule has 1 aliphatic heterocycles. The van der Waals surface area contributed by atoms with Crippen LogP contribution in [0.3, 0.4) is 0 Å². The van der Waals surface area contributed by atoms with E-state index in [-0.39, 0.29) is 1.43 Å². The highest BCUT2D eigenvalue weighted by Gasteiger charge is 2.19. The molecule has 1 saturated heterocycles. The highest BCUT2D eigenvalue weighted by atomic mass is 16.5. The monoisotopic (exact) mass is 379 g/mol. The van der Waals surface area contributed by atoms with Crippen LogP contribution in [0.2, 0.25) is 0 Å². The lowest BCUT2D eigenvalue weighted by Gasteiger charge is -2.33. The number of hydrogen-bond donors (Lipinski definition) is 1. The zero-order chi connectivity index (χ0) is 19.3. The molecule has 2 aromatic carbocycles. The van der Waals surface area contributed by atoms with Crippen LogP contribution < -0.4 is 10.2 Å². The Morgan fingerprint density at radius 1 is 1.11 bits per heavy atom. The van der Waals surface area contributed by atoms with E-state index in [4.69, 9.17) is 4.74 Å². The Balaban J connectivity index is 0.00000240. The van der Waals surface area contributed by atoms with Gasteiger partial charge in [-0.1, -0.05) is 18.2 Å². The van der Waals surface area contributed by atoms with Gasteiger partial charge in [-0.15, -0.1) is 5.10 Å². The second-order valence-corrected chi connectivity index (χ2v) is 7.42. The van der Waals surface area contributed by atoms with Gasteiger partial charge in [0.1, 0.15) is 6.33 Å². The summed E-state index contributed by atoms with van der Waals surface area (Å²) < 4.78 is 7.09. The number of rotatable bonds is 6. The molecule has 0 saturated carbocycles. The number of benzene rings is 2. The zero-order valence-electron chi connectivity index (χ0n) is 16.5. The molecule has 1 aromatic heterocycles. The number of nitrogens with zero attached hydrogens (tertiary/aromatic N) is 4. The number of methoxy groups -OCH3 is 1. The molecule has 2 heterocycles. The molecule has 6 heteroatoms. The second-order valence-electron chi connectivity index (χ2n) is 7.42. The molecule has 1 N–H and O–H groups in total. The fourth-order valence-corrected chi connectivity index (χ4v) is 3.77.